The number of aromatic nitrogens is 3. The number of thioether (sulfide) groups is 1. The van der Waals surface area contributed by atoms with E-state index in [-0.39, 0.29) is 17.1 Å². The summed E-state index contributed by atoms with van der Waals surface area (Å²) in [6.07, 6.45) is 1.78. The largest absolute Gasteiger partial charge is 0.465 e. The van der Waals surface area contributed by atoms with Gasteiger partial charge in [0, 0.05) is 23.1 Å². The topological polar surface area (TPSA) is 86.1 Å². The van der Waals surface area contributed by atoms with Crippen molar-refractivity contribution in [3.8, 4) is 22.5 Å². The fourth-order valence-corrected chi connectivity index (χ4v) is 5.62. The van der Waals surface area contributed by atoms with Crippen LogP contribution in [0.15, 0.2) is 77.8 Å². The zero-order chi connectivity index (χ0) is 27.3. The number of methoxy groups -OCH3 is 1. The summed E-state index contributed by atoms with van der Waals surface area (Å²) in [4.78, 5) is 25.5. The van der Waals surface area contributed by atoms with Crippen molar-refractivity contribution in [1.29, 1.82) is 0 Å². The van der Waals surface area contributed by atoms with Gasteiger partial charge in [-0.25, -0.2) is 4.79 Å². The average molecular weight is 547 g/mol. The molecule has 0 atom stereocenters. The molecule has 0 saturated heterocycles. The second-order valence-electron chi connectivity index (χ2n) is 9.58. The number of esters is 1. The molecule has 0 radical (unpaired) electrons. The third-order valence-corrected chi connectivity index (χ3v) is 7.75. The standard InChI is InChI=1S/C29H30N4O3S2/c1-6-16-33-25(20-12-14-21(15-13-20)29(2,3)4)31-32-28(33)38-18-23(34)30-26-24(27(35)36-5)22(17-37-26)19-10-8-7-9-11-19/h6-15,17H,1,16,18H2,2-5H3,(H,30,34). The third kappa shape index (κ3) is 6.06. The van der Waals surface area contributed by atoms with Gasteiger partial charge in [0.25, 0.3) is 0 Å². The predicted octanol–water partition coefficient (Wildman–Crippen LogP) is 6.67. The number of amides is 1. The number of nitrogens with zero attached hydrogens (tertiary/aromatic N) is 3. The van der Waals surface area contributed by atoms with E-state index in [1.54, 1.807) is 6.08 Å². The van der Waals surface area contributed by atoms with E-state index in [2.05, 4.69) is 55.0 Å². The molecule has 7 nitrogen and oxygen atoms in total. The van der Waals surface area contributed by atoms with Crippen molar-refractivity contribution in [1.82, 2.24) is 14.8 Å². The summed E-state index contributed by atoms with van der Waals surface area (Å²) in [7, 11) is 1.33. The maximum Gasteiger partial charge on any atom is 0.341 e. The molecule has 4 rings (SSSR count). The highest BCUT2D eigenvalue weighted by atomic mass is 32.2. The Hall–Kier alpha value is -3.69. The number of anilines is 1. The first kappa shape index (κ1) is 27.3. The molecule has 0 unspecified atom stereocenters. The van der Waals surface area contributed by atoms with E-state index in [4.69, 9.17) is 4.74 Å². The van der Waals surface area contributed by atoms with Crippen LogP contribution in [0.5, 0.6) is 0 Å². The number of allylic oxidation sites excluding steroid dienone is 1. The van der Waals surface area contributed by atoms with Crippen LogP contribution in [0.3, 0.4) is 0 Å². The minimum atomic E-state index is -0.499. The molecule has 2 aromatic carbocycles. The second kappa shape index (κ2) is 11.8. The Labute approximate surface area is 231 Å². The minimum absolute atomic E-state index is 0.0554. The maximum atomic E-state index is 12.9. The number of hydrogen-bond donors (Lipinski definition) is 1. The van der Waals surface area contributed by atoms with Crippen LogP contribution in [0.1, 0.15) is 36.7 Å². The van der Waals surface area contributed by atoms with Gasteiger partial charge in [-0.15, -0.1) is 28.1 Å². The van der Waals surface area contributed by atoms with E-state index in [1.165, 1.54) is 35.8 Å². The highest BCUT2D eigenvalue weighted by Crippen LogP contribution is 2.36. The van der Waals surface area contributed by atoms with Crippen molar-refractivity contribution in [2.75, 3.05) is 18.2 Å². The van der Waals surface area contributed by atoms with E-state index in [1.807, 2.05) is 52.4 Å². The lowest BCUT2D eigenvalue weighted by Crippen LogP contribution is -2.16. The Morgan fingerprint density at radius 3 is 2.42 bits per heavy atom. The number of nitrogens with one attached hydrogen (secondary N) is 1. The normalized spacial score (nSPS) is 11.3. The van der Waals surface area contributed by atoms with Gasteiger partial charge in [-0.2, -0.15) is 0 Å². The molecule has 4 aromatic rings. The lowest BCUT2D eigenvalue weighted by molar-refractivity contribution is -0.113. The van der Waals surface area contributed by atoms with Gasteiger partial charge < -0.3 is 10.1 Å². The first-order valence-electron chi connectivity index (χ1n) is 12.1. The number of thiophene rings is 1. The number of carbonyl (C=O) groups is 2. The summed E-state index contributed by atoms with van der Waals surface area (Å²) in [6.45, 7) is 10.9. The van der Waals surface area contributed by atoms with Crippen LogP contribution in [0.25, 0.3) is 22.5 Å². The molecule has 0 bridgehead atoms. The number of ether oxygens (including phenoxy) is 1. The summed E-state index contributed by atoms with van der Waals surface area (Å²) < 4.78 is 6.94. The minimum Gasteiger partial charge on any atom is -0.465 e. The van der Waals surface area contributed by atoms with Crippen LogP contribution >= 0.6 is 23.1 Å². The van der Waals surface area contributed by atoms with E-state index >= 15 is 0 Å². The molecule has 2 heterocycles. The molecular weight excluding hydrogens is 516 g/mol. The van der Waals surface area contributed by atoms with Crippen LogP contribution in [0.4, 0.5) is 5.00 Å². The Bertz CT molecular complexity index is 1430. The monoisotopic (exact) mass is 546 g/mol. The molecule has 0 saturated carbocycles. The molecule has 2 aromatic heterocycles. The van der Waals surface area contributed by atoms with Gasteiger partial charge in [0.05, 0.1) is 12.9 Å². The van der Waals surface area contributed by atoms with Gasteiger partial charge in [0.1, 0.15) is 10.6 Å². The maximum absolute atomic E-state index is 12.9. The zero-order valence-corrected chi connectivity index (χ0v) is 23.5. The summed E-state index contributed by atoms with van der Waals surface area (Å²) in [5.41, 5.74) is 4.17. The highest BCUT2D eigenvalue weighted by molar-refractivity contribution is 7.99. The Morgan fingerprint density at radius 2 is 1.79 bits per heavy atom. The van der Waals surface area contributed by atoms with E-state index in [0.29, 0.717) is 28.1 Å². The molecule has 9 heteroatoms. The summed E-state index contributed by atoms with van der Waals surface area (Å²) >= 11 is 2.57. The highest BCUT2D eigenvalue weighted by Gasteiger charge is 2.23. The van der Waals surface area contributed by atoms with E-state index < -0.39 is 5.97 Å². The molecule has 0 fully saturated rings. The van der Waals surface area contributed by atoms with Crippen LogP contribution < -0.4 is 5.32 Å². The number of hydrogen-bond acceptors (Lipinski definition) is 7. The average Bonchev–Trinajstić information content (AvgIpc) is 3.51. The van der Waals surface area contributed by atoms with Crippen LogP contribution in [0.2, 0.25) is 0 Å². The van der Waals surface area contributed by atoms with Crippen LogP contribution in [0, 0.1) is 0 Å². The van der Waals surface area contributed by atoms with Crippen LogP contribution in [-0.2, 0) is 21.5 Å². The molecule has 0 aliphatic rings. The Kier molecular flexibility index (Phi) is 8.48. The van der Waals surface area contributed by atoms with Crippen LogP contribution in [-0.4, -0.2) is 39.5 Å². The van der Waals surface area contributed by atoms with Gasteiger partial charge in [-0.3, -0.25) is 9.36 Å². The number of rotatable bonds is 9. The van der Waals surface area contributed by atoms with Gasteiger partial charge in [-0.1, -0.05) is 93.2 Å². The SMILES string of the molecule is C=CCn1c(SCC(=O)Nc2scc(-c3ccccc3)c2C(=O)OC)nnc1-c1ccc(C(C)(C)C)cc1. The fourth-order valence-electron chi connectivity index (χ4n) is 3.90. The molecular formula is C29H30N4O3S2. The van der Waals surface area contributed by atoms with E-state index in [9.17, 15) is 9.59 Å². The molecule has 0 spiro atoms. The quantitative estimate of drug-likeness (QED) is 0.143. The first-order chi connectivity index (χ1) is 18.2. The summed E-state index contributed by atoms with van der Waals surface area (Å²) in [5, 5.41) is 14.5. The zero-order valence-electron chi connectivity index (χ0n) is 21.9. The molecule has 1 amide bonds. The van der Waals surface area contributed by atoms with Gasteiger partial charge in [-0.05, 0) is 16.5 Å². The molecule has 0 aliphatic carbocycles. The lowest BCUT2D eigenvalue weighted by atomic mass is 9.87. The number of benzene rings is 2. The van der Waals surface area contributed by atoms with Gasteiger partial charge in [0.15, 0.2) is 11.0 Å². The van der Waals surface area contributed by atoms with Gasteiger partial charge >= 0.3 is 5.97 Å². The summed E-state index contributed by atoms with van der Waals surface area (Å²) in [6, 6.07) is 17.8. The molecule has 0 aliphatic heterocycles. The molecule has 196 valence electrons. The van der Waals surface area contributed by atoms with Crippen molar-refractivity contribution >= 4 is 40.0 Å². The van der Waals surface area contributed by atoms with Crippen molar-refractivity contribution in [3.63, 3.8) is 0 Å². The Balaban J connectivity index is 1.51. The van der Waals surface area contributed by atoms with Crippen molar-refractivity contribution in [3.05, 3.63) is 83.8 Å². The molecule has 38 heavy (non-hydrogen) atoms. The number of carbonyl (C=O) groups excluding carboxylic acids is 2. The Morgan fingerprint density at radius 1 is 1.08 bits per heavy atom. The smallest absolute Gasteiger partial charge is 0.341 e. The fraction of sp³-hybridized carbons (Fsp3) is 0.241. The van der Waals surface area contributed by atoms with Crippen molar-refractivity contribution in [2.24, 2.45) is 0 Å². The van der Waals surface area contributed by atoms with Crippen molar-refractivity contribution < 1.29 is 14.3 Å². The summed E-state index contributed by atoms with van der Waals surface area (Å²) in [5.74, 6) is 0.0518. The third-order valence-electron chi connectivity index (χ3n) is 5.89. The first-order valence-corrected chi connectivity index (χ1v) is 13.9. The van der Waals surface area contributed by atoms with Crippen molar-refractivity contribution in [2.45, 2.75) is 37.9 Å². The molecule has 1 N–H and O–H groups in total. The predicted molar refractivity (Wildman–Crippen MR) is 155 cm³/mol. The van der Waals surface area contributed by atoms with E-state index in [0.717, 1.165) is 16.7 Å². The lowest BCUT2D eigenvalue weighted by Gasteiger charge is -2.19. The second-order valence-corrected chi connectivity index (χ2v) is 11.4. The van der Waals surface area contributed by atoms with Gasteiger partial charge in [0.2, 0.25) is 5.91 Å².